The van der Waals surface area contributed by atoms with Crippen molar-refractivity contribution < 1.29 is 0 Å². The van der Waals surface area contributed by atoms with E-state index in [4.69, 9.17) is 0 Å². The van der Waals surface area contributed by atoms with Crippen molar-refractivity contribution in [3.8, 4) is 0 Å². The normalized spacial score (nSPS) is 34.1. The summed E-state index contributed by atoms with van der Waals surface area (Å²) in [7, 11) is 0. The van der Waals surface area contributed by atoms with Crippen LogP contribution in [0.3, 0.4) is 0 Å². The van der Waals surface area contributed by atoms with Crippen LogP contribution in [0.15, 0.2) is 0 Å². The van der Waals surface area contributed by atoms with E-state index in [9.17, 15) is 0 Å². The summed E-state index contributed by atoms with van der Waals surface area (Å²) in [5.74, 6) is 1.60. The van der Waals surface area contributed by atoms with E-state index in [2.05, 4.69) is 113 Å². The summed E-state index contributed by atoms with van der Waals surface area (Å²) in [5.41, 5.74) is 0.809. The first-order valence-electron chi connectivity index (χ1n) is 8.38. The molecule has 3 atom stereocenters. The van der Waals surface area contributed by atoms with Crippen molar-refractivity contribution in [2.75, 3.05) is 32.7 Å². The molecule has 130 valence electrons. The summed E-state index contributed by atoms with van der Waals surface area (Å²) in [5, 5.41) is 3.57. The number of rotatable bonds is 3. The summed E-state index contributed by atoms with van der Waals surface area (Å²) >= 11 is 8.07. The number of likely N-dealkylation sites (tertiary alicyclic amines) is 1. The maximum atomic E-state index is 3.57. The molecule has 0 aliphatic carbocycles. The lowest BCUT2D eigenvalue weighted by Crippen LogP contribution is -2.52. The van der Waals surface area contributed by atoms with Gasteiger partial charge < -0.3 is 10.2 Å². The van der Waals surface area contributed by atoms with Crippen molar-refractivity contribution >= 4 is 67.8 Å². The lowest BCUT2D eigenvalue weighted by molar-refractivity contribution is 0.107. The SMILES string of the molecule is CC(C)(C)C1CN(CC(C)(C)C2CCNCC2(I)I)CC1I. The molecule has 0 spiro atoms. The van der Waals surface area contributed by atoms with Gasteiger partial charge in [0.2, 0.25) is 0 Å². The lowest BCUT2D eigenvalue weighted by Gasteiger charge is -2.47. The van der Waals surface area contributed by atoms with Gasteiger partial charge in [-0.1, -0.05) is 102 Å². The molecule has 2 aliphatic heterocycles. The molecule has 2 heterocycles. The van der Waals surface area contributed by atoms with Crippen molar-refractivity contribution in [3.63, 3.8) is 0 Å². The van der Waals surface area contributed by atoms with Crippen molar-refractivity contribution in [2.24, 2.45) is 22.7 Å². The zero-order valence-electron chi connectivity index (χ0n) is 14.6. The standard InChI is InChI=1S/C17H31I3N2/c1-15(2,3)12-8-22(9-13(12)18)11-16(4,5)14-6-7-21-10-17(14,19)20/h12-14,21H,6-11H2,1-5H3. The molecule has 0 aromatic heterocycles. The first kappa shape index (κ1) is 20.4. The van der Waals surface area contributed by atoms with Crippen molar-refractivity contribution in [3.05, 3.63) is 0 Å². The Balaban J connectivity index is 2.03. The van der Waals surface area contributed by atoms with E-state index >= 15 is 0 Å². The van der Waals surface area contributed by atoms with Crippen LogP contribution in [-0.4, -0.2) is 43.0 Å². The summed E-state index contributed by atoms with van der Waals surface area (Å²) < 4.78 is 1.15. The van der Waals surface area contributed by atoms with E-state index in [1.807, 2.05) is 0 Å². The predicted molar refractivity (Wildman–Crippen MR) is 123 cm³/mol. The van der Waals surface area contributed by atoms with Gasteiger partial charge in [-0.2, -0.15) is 0 Å². The van der Waals surface area contributed by atoms with Gasteiger partial charge in [-0.25, -0.2) is 0 Å². The van der Waals surface area contributed by atoms with Gasteiger partial charge in [0.25, 0.3) is 0 Å². The minimum atomic E-state index is 0.351. The summed E-state index contributed by atoms with van der Waals surface area (Å²) in [6, 6.07) is 0. The van der Waals surface area contributed by atoms with Crippen LogP contribution in [0.25, 0.3) is 0 Å². The van der Waals surface area contributed by atoms with E-state index in [1.54, 1.807) is 0 Å². The molecular weight excluding hydrogens is 613 g/mol. The largest absolute Gasteiger partial charge is 0.315 e. The second-order valence-electron chi connectivity index (χ2n) is 8.95. The third kappa shape index (κ3) is 4.84. The van der Waals surface area contributed by atoms with Crippen LogP contribution in [0.1, 0.15) is 41.0 Å². The fourth-order valence-electron chi connectivity index (χ4n) is 4.27. The fraction of sp³-hybridized carbons (Fsp3) is 1.00. The molecule has 2 nitrogen and oxygen atoms in total. The van der Waals surface area contributed by atoms with Gasteiger partial charge >= 0.3 is 0 Å². The van der Waals surface area contributed by atoms with Crippen LogP contribution in [0.2, 0.25) is 0 Å². The van der Waals surface area contributed by atoms with Gasteiger partial charge in [0.05, 0.1) is 1.43 Å². The average molecular weight is 644 g/mol. The minimum absolute atomic E-state index is 0.351. The molecule has 2 aliphatic rings. The molecule has 0 aromatic rings. The molecule has 0 radical (unpaired) electrons. The first-order chi connectivity index (χ1) is 9.93. The number of hydrogen-bond donors (Lipinski definition) is 1. The number of alkyl halides is 3. The van der Waals surface area contributed by atoms with Gasteiger partial charge in [-0.3, -0.25) is 0 Å². The molecule has 2 saturated heterocycles. The Morgan fingerprint density at radius 1 is 1.14 bits per heavy atom. The molecule has 0 saturated carbocycles. The molecule has 3 unspecified atom stereocenters. The molecule has 1 N–H and O–H groups in total. The highest BCUT2D eigenvalue weighted by molar-refractivity contribution is 14.2. The fourth-order valence-corrected chi connectivity index (χ4v) is 8.98. The van der Waals surface area contributed by atoms with Crippen LogP contribution in [0.5, 0.6) is 0 Å². The molecule has 0 aromatic carbocycles. The lowest BCUT2D eigenvalue weighted by atomic mass is 9.73. The molecule has 5 heteroatoms. The number of nitrogens with one attached hydrogen (secondary N) is 1. The highest BCUT2D eigenvalue weighted by Crippen LogP contribution is 2.49. The van der Waals surface area contributed by atoms with Crippen molar-refractivity contribution in [1.82, 2.24) is 10.2 Å². The summed E-state index contributed by atoms with van der Waals surface area (Å²) in [4.78, 5) is 2.75. The maximum absolute atomic E-state index is 3.57. The number of halogens is 3. The van der Waals surface area contributed by atoms with E-state index in [1.165, 1.54) is 32.6 Å². The predicted octanol–water partition coefficient (Wildman–Crippen LogP) is 4.97. The summed E-state index contributed by atoms with van der Waals surface area (Å²) in [6.45, 7) is 18.3. The number of hydrogen-bond acceptors (Lipinski definition) is 2. The summed E-state index contributed by atoms with van der Waals surface area (Å²) in [6.07, 6.45) is 1.31. The first-order valence-corrected chi connectivity index (χ1v) is 11.8. The maximum Gasteiger partial charge on any atom is 0.0892 e. The van der Waals surface area contributed by atoms with Crippen LogP contribution < -0.4 is 5.32 Å². The van der Waals surface area contributed by atoms with Crippen molar-refractivity contribution in [1.29, 1.82) is 0 Å². The Bertz CT molecular complexity index is 390. The van der Waals surface area contributed by atoms with E-state index < -0.39 is 0 Å². The van der Waals surface area contributed by atoms with E-state index in [-0.39, 0.29) is 0 Å². The number of nitrogens with zero attached hydrogens (tertiary/aromatic N) is 1. The number of piperidine rings is 1. The monoisotopic (exact) mass is 644 g/mol. The van der Waals surface area contributed by atoms with E-state index in [0.29, 0.717) is 12.3 Å². The Morgan fingerprint density at radius 3 is 2.27 bits per heavy atom. The third-order valence-electron chi connectivity index (χ3n) is 5.49. The molecule has 0 bridgehead atoms. The quantitative estimate of drug-likeness (QED) is 0.345. The van der Waals surface area contributed by atoms with Crippen LogP contribution >= 0.6 is 67.8 Å². The Kier molecular flexibility index (Phi) is 6.86. The van der Waals surface area contributed by atoms with Crippen molar-refractivity contribution in [2.45, 2.75) is 46.4 Å². The highest BCUT2D eigenvalue weighted by Gasteiger charge is 2.47. The zero-order chi connectivity index (χ0) is 16.8. The van der Waals surface area contributed by atoms with Gasteiger partial charge in [0, 0.05) is 30.1 Å². The van der Waals surface area contributed by atoms with Gasteiger partial charge in [-0.05, 0) is 35.6 Å². The van der Waals surface area contributed by atoms with Gasteiger partial charge in [0.1, 0.15) is 0 Å². The molecule has 0 amide bonds. The van der Waals surface area contributed by atoms with Crippen LogP contribution in [-0.2, 0) is 0 Å². The van der Waals surface area contributed by atoms with Crippen LogP contribution in [0.4, 0.5) is 0 Å². The topological polar surface area (TPSA) is 15.3 Å². The van der Waals surface area contributed by atoms with E-state index in [0.717, 1.165) is 22.3 Å². The second-order valence-corrected chi connectivity index (χ2v) is 16.5. The Hall–Kier alpha value is 2.11. The highest BCUT2D eigenvalue weighted by atomic mass is 127. The van der Waals surface area contributed by atoms with Gasteiger partial charge in [-0.15, -0.1) is 0 Å². The molecule has 22 heavy (non-hydrogen) atoms. The van der Waals surface area contributed by atoms with Gasteiger partial charge in [0.15, 0.2) is 0 Å². The molecule has 2 fully saturated rings. The molecular formula is C17H31I3N2. The Morgan fingerprint density at radius 2 is 1.77 bits per heavy atom. The van der Waals surface area contributed by atoms with Crippen LogP contribution in [0, 0.1) is 22.7 Å². The Labute approximate surface area is 178 Å². The molecule has 2 rings (SSSR count). The third-order valence-corrected chi connectivity index (χ3v) is 9.02. The zero-order valence-corrected chi connectivity index (χ0v) is 21.0. The smallest absolute Gasteiger partial charge is 0.0892 e. The average Bonchev–Trinajstić information content (AvgIpc) is 2.68. The second kappa shape index (κ2) is 7.39. The minimum Gasteiger partial charge on any atom is -0.315 e.